The lowest BCUT2D eigenvalue weighted by molar-refractivity contribution is 0.0977. The normalized spacial score (nSPS) is 15.0. The van der Waals surface area contributed by atoms with Crippen LogP contribution >= 0.6 is 0 Å². The highest BCUT2D eigenvalue weighted by Gasteiger charge is 2.17. The van der Waals surface area contributed by atoms with Gasteiger partial charge >= 0.3 is 0 Å². The first-order valence-corrected chi connectivity index (χ1v) is 6.43. The number of benzene rings is 1. The van der Waals surface area contributed by atoms with Gasteiger partial charge in [0.05, 0.1) is 5.69 Å². The molecule has 1 aromatic heterocycles. The Labute approximate surface area is 107 Å². The number of Topliss-reactive ketones (excluding diaryl/α,β-unsaturated/α-hetero) is 1. The van der Waals surface area contributed by atoms with Crippen LogP contribution in [0.15, 0.2) is 42.5 Å². The zero-order chi connectivity index (χ0) is 12.4. The SMILES string of the molecule is O=C1CCCCc2ccc(-c3ccccc3)nc21. The van der Waals surface area contributed by atoms with Crippen molar-refractivity contribution in [2.45, 2.75) is 25.7 Å². The van der Waals surface area contributed by atoms with Gasteiger partial charge < -0.3 is 0 Å². The second-order valence-electron chi connectivity index (χ2n) is 4.70. The fourth-order valence-electron chi connectivity index (χ4n) is 2.42. The van der Waals surface area contributed by atoms with E-state index in [0.717, 1.165) is 36.1 Å². The minimum Gasteiger partial charge on any atom is -0.292 e. The van der Waals surface area contributed by atoms with E-state index < -0.39 is 0 Å². The first-order chi connectivity index (χ1) is 8.84. The van der Waals surface area contributed by atoms with Gasteiger partial charge in [0, 0.05) is 12.0 Å². The number of fused-ring (bicyclic) bond motifs is 1. The summed E-state index contributed by atoms with van der Waals surface area (Å²) in [5.74, 6) is 0.195. The molecule has 2 aromatic rings. The molecule has 1 aliphatic rings. The summed E-state index contributed by atoms with van der Waals surface area (Å²) in [5.41, 5.74) is 3.76. The van der Waals surface area contributed by atoms with Crippen molar-refractivity contribution in [3.8, 4) is 11.3 Å². The maximum atomic E-state index is 12.0. The third kappa shape index (κ3) is 2.06. The van der Waals surface area contributed by atoms with E-state index >= 15 is 0 Å². The average Bonchev–Trinajstić information content (AvgIpc) is 2.62. The topological polar surface area (TPSA) is 30.0 Å². The fourth-order valence-corrected chi connectivity index (χ4v) is 2.42. The van der Waals surface area contributed by atoms with Crippen molar-refractivity contribution >= 4 is 5.78 Å². The molecular weight excluding hydrogens is 222 g/mol. The predicted octanol–water partition coefficient (Wildman–Crippen LogP) is 3.66. The van der Waals surface area contributed by atoms with Crippen LogP contribution in [0.2, 0.25) is 0 Å². The number of carbonyl (C=O) groups is 1. The van der Waals surface area contributed by atoms with Crippen LogP contribution in [0.5, 0.6) is 0 Å². The van der Waals surface area contributed by atoms with Crippen LogP contribution < -0.4 is 0 Å². The van der Waals surface area contributed by atoms with Crippen molar-refractivity contribution in [3.63, 3.8) is 0 Å². The van der Waals surface area contributed by atoms with Gasteiger partial charge in [-0.25, -0.2) is 4.98 Å². The molecule has 0 spiro atoms. The Morgan fingerprint density at radius 1 is 0.889 bits per heavy atom. The number of hydrogen-bond acceptors (Lipinski definition) is 2. The Bertz CT molecular complexity index is 575. The van der Waals surface area contributed by atoms with Gasteiger partial charge in [0.25, 0.3) is 0 Å². The first-order valence-electron chi connectivity index (χ1n) is 6.43. The second kappa shape index (κ2) is 4.73. The summed E-state index contributed by atoms with van der Waals surface area (Å²) in [6.45, 7) is 0. The zero-order valence-corrected chi connectivity index (χ0v) is 10.2. The van der Waals surface area contributed by atoms with Gasteiger partial charge in [0.1, 0.15) is 5.69 Å². The molecule has 2 heteroatoms. The van der Waals surface area contributed by atoms with E-state index in [1.807, 2.05) is 36.4 Å². The second-order valence-corrected chi connectivity index (χ2v) is 4.70. The van der Waals surface area contributed by atoms with Gasteiger partial charge in [0.2, 0.25) is 0 Å². The molecule has 0 fully saturated rings. The Morgan fingerprint density at radius 3 is 2.50 bits per heavy atom. The van der Waals surface area contributed by atoms with E-state index in [1.165, 1.54) is 0 Å². The number of rotatable bonds is 1. The van der Waals surface area contributed by atoms with Crippen molar-refractivity contribution < 1.29 is 4.79 Å². The molecule has 1 aliphatic carbocycles. The van der Waals surface area contributed by atoms with Gasteiger partial charge in [-0.1, -0.05) is 36.4 Å². The summed E-state index contributed by atoms with van der Waals surface area (Å²) in [7, 11) is 0. The molecule has 1 aromatic carbocycles. The number of pyridine rings is 1. The molecule has 0 saturated heterocycles. The molecule has 0 saturated carbocycles. The van der Waals surface area contributed by atoms with E-state index in [9.17, 15) is 4.79 Å². The van der Waals surface area contributed by atoms with Crippen LogP contribution in [-0.4, -0.2) is 10.8 Å². The Kier molecular flexibility index (Phi) is 2.93. The fraction of sp³-hybridized carbons (Fsp3) is 0.250. The summed E-state index contributed by atoms with van der Waals surface area (Å²) in [4.78, 5) is 16.6. The van der Waals surface area contributed by atoms with E-state index in [0.29, 0.717) is 12.1 Å². The van der Waals surface area contributed by atoms with E-state index in [1.54, 1.807) is 0 Å². The largest absolute Gasteiger partial charge is 0.292 e. The molecule has 18 heavy (non-hydrogen) atoms. The molecule has 90 valence electrons. The molecule has 2 nitrogen and oxygen atoms in total. The summed E-state index contributed by atoms with van der Waals surface area (Å²) >= 11 is 0. The first kappa shape index (κ1) is 11.1. The Hall–Kier alpha value is -1.96. The Morgan fingerprint density at radius 2 is 1.67 bits per heavy atom. The summed E-state index contributed by atoms with van der Waals surface area (Å²) < 4.78 is 0. The molecule has 3 rings (SSSR count). The van der Waals surface area contributed by atoms with Crippen LogP contribution in [0.4, 0.5) is 0 Å². The number of aryl methyl sites for hydroxylation is 1. The highest BCUT2D eigenvalue weighted by molar-refractivity contribution is 5.96. The van der Waals surface area contributed by atoms with E-state index in [2.05, 4.69) is 11.1 Å². The molecule has 1 heterocycles. The molecule has 0 atom stereocenters. The maximum Gasteiger partial charge on any atom is 0.181 e. The zero-order valence-electron chi connectivity index (χ0n) is 10.2. The molecule has 0 aliphatic heterocycles. The van der Waals surface area contributed by atoms with Crippen LogP contribution in [0.3, 0.4) is 0 Å². The summed E-state index contributed by atoms with van der Waals surface area (Å²) in [6.07, 6.45) is 3.68. The van der Waals surface area contributed by atoms with Crippen LogP contribution in [0, 0.1) is 0 Å². The molecule has 0 unspecified atom stereocenters. The lowest BCUT2D eigenvalue weighted by atomic mass is 10.1. The molecular formula is C16H15NO. The van der Waals surface area contributed by atoms with Gasteiger partial charge in [0.15, 0.2) is 5.78 Å². The third-order valence-corrected chi connectivity index (χ3v) is 3.41. The van der Waals surface area contributed by atoms with Crippen LogP contribution in [0.25, 0.3) is 11.3 Å². The highest BCUT2D eigenvalue weighted by Crippen LogP contribution is 2.23. The highest BCUT2D eigenvalue weighted by atomic mass is 16.1. The van der Waals surface area contributed by atoms with Crippen molar-refractivity contribution in [3.05, 3.63) is 53.7 Å². The average molecular weight is 237 g/mol. The molecule has 0 radical (unpaired) electrons. The molecule has 0 bridgehead atoms. The van der Waals surface area contributed by atoms with Crippen LogP contribution in [-0.2, 0) is 6.42 Å². The summed E-state index contributed by atoms with van der Waals surface area (Å²) in [5, 5.41) is 0. The van der Waals surface area contributed by atoms with Crippen molar-refractivity contribution in [1.82, 2.24) is 4.98 Å². The standard InChI is InChI=1S/C16H15NO/c18-15-9-5-4-8-13-10-11-14(17-16(13)15)12-6-2-1-3-7-12/h1-3,6-7,10-11H,4-5,8-9H2. The van der Waals surface area contributed by atoms with Gasteiger partial charge in [-0.15, -0.1) is 0 Å². The minimum absolute atomic E-state index is 0.195. The summed E-state index contributed by atoms with van der Waals surface area (Å²) in [6, 6.07) is 14.1. The third-order valence-electron chi connectivity index (χ3n) is 3.41. The maximum absolute atomic E-state index is 12.0. The quantitative estimate of drug-likeness (QED) is 0.708. The Balaban J connectivity index is 2.07. The van der Waals surface area contributed by atoms with E-state index in [4.69, 9.17) is 0 Å². The lowest BCUT2D eigenvalue weighted by Gasteiger charge is -2.07. The molecule has 0 amide bonds. The number of hydrogen-bond donors (Lipinski definition) is 0. The smallest absolute Gasteiger partial charge is 0.181 e. The predicted molar refractivity (Wildman–Crippen MR) is 71.6 cm³/mol. The number of carbonyl (C=O) groups excluding carboxylic acids is 1. The number of aromatic nitrogens is 1. The minimum atomic E-state index is 0.195. The van der Waals surface area contributed by atoms with Gasteiger partial charge in [-0.05, 0) is 30.9 Å². The van der Waals surface area contributed by atoms with Crippen molar-refractivity contribution in [1.29, 1.82) is 0 Å². The van der Waals surface area contributed by atoms with Gasteiger partial charge in [-0.3, -0.25) is 4.79 Å². The number of nitrogens with zero attached hydrogens (tertiary/aromatic N) is 1. The van der Waals surface area contributed by atoms with Crippen LogP contribution in [0.1, 0.15) is 35.3 Å². The van der Waals surface area contributed by atoms with Gasteiger partial charge in [-0.2, -0.15) is 0 Å². The van der Waals surface area contributed by atoms with Crippen molar-refractivity contribution in [2.24, 2.45) is 0 Å². The van der Waals surface area contributed by atoms with Crippen molar-refractivity contribution in [2.75, 3.05) is 0 Å². The number of ketones is 1. The monoisotopic (exact) mass is 237 g/mol. The molecule has 0 N–H and O–H groups in total. The van der Waals surface area contributed by atoms with E-state index in [-0.39, 0.29) is 5.78 Å². The lowest BCUT2D eigenvalue weighted by Crippen LogP contribution is -2.04.